The Kier molecular flexibility index (Phi) is 4.40. The summed E-state index contributed by atoms with van der Waals surface area (Å²) in [6.07, 6.45) is 1.63. The molecule has 0 saturated carbocycles. The Balaban J connectivity index is 1.46. The first-order valence-electron chi connectivity index (χ1n) is 9.56. The summed E-state index contributed by atoms with van der Waals surface area (Å²) in [6.45, 7) is -0.190. The number of furan rings is 1. The molecule has 2 aromatic carbocycles. The Hall–Kier alpha value is -4.13. The summed E-state index contributed by atoms with van der Waals surface area (Å²) in [6, 6.07) is 24.0. The molecular formula is C23H18N4O3. The molecule has 0 aliphatic heterocycles. The van der Waals surface area contributed by atoms with Crippen LogP contribution in [0.4, 0.5) is 0 Å². The Labute approximate surface area is 171 Å². The second-order valence-corrected chi connectivity index (χ2v) is 6.97. The van der Waals surface area contributed by atoms with Crippen molar-refractivity contribution in [2.24, 2.45) is 0 Å². The zero-order valence-corrected chi connectivity index (χ0v) is 15.9. The zero-order chi connectivity index (χ0) is 20.5. The third kappa shape index (κ3) is 3.26. The highest BCUT2D eigenvalue weighted by Crippen LogP contribution is 2.28. The number of para-hydroxylation sites is 1. The molecule has 0 radical (unpaired) electrons. The number of nitrogens with zero attached hydrogens (tertiary/aromatic N) is 3. The number of hydrogen-bond donors (Lipinski definition) is 1. The number of amides is 1. The molecule has 0 saturated heterocycles. The molecule has 3 heterocycles. The molecule has 5 rings (SSSR count). The van der Waals surface area contributed by atoms with Crippen LogP contribution in [0.1, 0.15) is 17.4 Å². The van der Waals surface area contributed by atoms with Crippen LogP contribution >= 0.6 is 0 Å². The quantitative estimate of drug-likeness (QED) is 0.493. The molecule has 1 amide bonds. The average molecular weight is 398 g/mol. The van der Waals surface area contributed by atoms with Crippen LogP contribution in [0.5, 0.6) is 0 Å². The van der Waals surface area contributed by atoms with Gasteiger partial charge in [-0.2, -0.15) is 0 Å². The smallest absolute Gasteiger partial charge is 0.350 e. The second-order valence-electron chi connectivity index (χ2n) is 6.97. The molecule has 1 unspecified atom stereocenters. The molecule has 0 spiro atoms. The summed E-state index contributed by atoms with van der Waals surface area (Å²) in [4.78, 5) is 25.3. The normalized spacial score (nSPS) is 12.3. The largest absolute Gasteiger partial charge is 0.459 e. The fourth-order valence-corrected chi connectivity index (χ4v) is 3.52. The van der Waals surface area contributed by atoms with Crippen LogP contribution in [-0.2, 0) is 11.3 Å². The predicted octanol–water partition coefficient (Wildman–Crippen LogP) is 3.15. The SMILES string of the molecule is O=C(Cn1nc2ccccn2c1=O)NC(c1ccccc1)c1cc2ccccc2o1. The molecular weight excluding hydrogens is 380 g/mol. The topological polar surface area (TPSA) is 81.5 Å². The van der Waals surface area contributed by atoms with E-state index in [2.05, 4.69) is 10.4 Å². The van der Waals surface area contributed by atoms with Gasteiger partial charge in [0, 0.05) is 11.6 Å². The summed E-state index contributed by atoms with van der Waals surface area (Å²) >= 11 is 0. The van der Waals surface area contributed by atoms with Gasteiger partial charge in [0.2, 0.25) is 5.91 Å². The highest BCUT2D eigenvalue weighted by Gasteiger charge is 2.22. The summed E-state index contributed by atoms with van der Waals surface area (Å²) in [7, 11) is 0. The Morgan fingerprint density at radius 1 is 1.00 bits per heavy atom. The highest BCUT2D eigenvalue weighted by molar-refractivity contribution is 5.79. The minimum absolute atomic E-state index is 0.190. The molecule has 1 N–H and O–H groups in total. The molecule has 148 valence electrons. The molecule has 30 heavy (non-hydrogen) atoms. The highest BCUT2D eigenvalue weighted by atomic mass is 16.3. The van der Waals surface area contributed by atoms with Crippen LogP contribution in [0.3, 0.4) is 0 Å². The van der Waals surface area contributed by atoms with Gasteiger partial charge in [-0.3, -0.25) is 9.20 Å². The number of hydrogen-bond acceptors (Lipinski definition) is 4. The monoisotopic (exact) mass is 398 g/mol. The Bertz CT molecular complexity index is 1370. The van der Waals surface area contributed by atoms with Crippen LogP contribution in [0.15, 0.2) is 94.3 Å². The van der Waals surface area contributed by atoms with Crippen molar-refractivity contribution >= 4 is 22.5 Å². The number of fused-ring (bicyclic) bond motifs is 2. The number of benzene rings is 2. The fraction of sp³-hybridized carbons (Fsp3) is 0.0870. The second kappa shape index (κ2) is 7.36. The third-order valence-electron chi connectivity index (χ3n) is 4.95. The van der Waals surface area contributed by atoms with E-state index in [4.69, 9.17) is 4.42 Å². The summed E-state index contributed by atoms with van der Waals surface area (Å²) in [5.74, 6) is 0.285. The van der Waals surface area contributed by atoms with Gasteiger partial charge < -0.3 is 9.73 Å². The van der Waals surface area contributed by atoms with Crippen LogP contribution in [0.2, 0.25) is 0 Å². The maximum absolute atomic E-state index is 12.9. The third-order valence-corrected chi connectivity index (χ3v) is 4.95. The van der Waals surface area contributed by atoms with E-state index >= 15 is 0 Å². The number of aromatic nitrogens is 3. The maximum Gasteiger partial charge on any atom is 0.350 e. The van der Waals surface area contributed by atoms with Gasteiger partial charge in [-0.15, -0.1) is 5.10 Å². The zero-order valence-electron chi connectivity index (χ0n) is 15.9. The lowest BCUT2D eigenvalue weighted by Gasteiger charge is -2.17. The van der Waals surface area contributed by atoms with E-state index in [1.165, 1.54) is 4.40 Å². The van der Waals surface area contributed by atoms with Gasteiger partial charge in [0.05, 0.1) is 0 Å². The summed E-state index contributed by atoms with van der Waals surface area (Å²) in [5, 5.41) is 8.17. The lowest BCUT2D eigenvalue weighted by Crippen LogP contribution is -2.35. The first-order chi connectivity index (χ1) is 14.7. The van der Waals surface area contributed by atoms with E-state index in [0.717, 1.165) is 21.2 Å². The van der Waals surface area contributed by atoms with Crippen molar-refractivity contribution < 1.29 is 9.21 Å². The molecule has 0 aliphatic carbocycles. The van der Waals surface area contributed by atoms with Gasteiger partial charge in [0.1, 0.15) is 23.9 Å². The standard InChI is InChI=1S/C23H18N4O3/c28-21(15-27-23(29)26-13-7-6-12-20(26)25-27)24-22(16-8-2-1-3-9-16)19-14-17-10-4-5-11-18(17)30-19/h1-14,22H,15H2,(H,24,28). The fourth-order valence-electron chi connectivity index (χ4n) is 3.52. The summed E-state index contributed by atoms with van der Waals surface area (Å²) in [5.41, 5.74) is 1.76. The van der Waals surface area contributed by atoms with Gasteiger partial charge >= 0.3 is 5.69 Å². The van der Waals surface area contributed by atoms with Gasteiger partial charge in [0.25, 0.3) is 0 Å². The lowest BCUT2D eigenvalue weighted by molar-refractivity contribution is -0.122. The minimum Gasteiger partial charge on any atom is -0.459 e. The maximum atomic E-state index is 12.9. The molecule has 0 aliphatic rings. The average Bonchev–Trinajstić information content (AvgIpc) is 3.34. The van der Waals surface area contributed by atoms with E-state index in [9.17, 15) is 9.59 Å². The molecule has 0 fully saturated rings. The molecule has 7 heteroatoms. The number of carbonyl (C=O) groups is 1. The number of rotatable bonds is 5. The van der Waals surface area contributed by atoms with Crippen LogP contribution in [-0.4, -0.2) is 20.1 Å². The van der Waals surface area contributed by atoms with Crippen molar-refractivity contribution in [3.05, 3.63) is 107 Å². The first-order valence-corrected chi connectivity index (χ1v) is 9.56. The van der Waals surface area contributed by atoms with Crippen LogP contribution < -0.4 is 11.0 Å². The van der Waals surface area contributed by atoms with Gasteiger partial charge in [-0.05, 0) is 29.8 Å². The predicted molar refractivity (Wildman–Crippen MR) is 112 cm³/mol. The van der Waals surface area contributed by atoms with E-state index in [0.29, 0.717) is 11.4 Å². The Morgan fingerprint density at radius 3 is 2.57 bits per heavy atom. The first kappa shape index (κ1) is 17.9. The van der Waals surface area contributed by atoms with Crippen molar-refractivity contribution in [3.63, 3.8) is 0 Å². The van der Waals surface area contributed by atoms with E-state index in [1.54, 1.807) is 24.4 Å². The molecule has 3 aromatic heterocycles. The van der Waals surface area contributed by atoms with E-state index in [-0.39, 0.29) is 18.1 Å². The Morgan fingerprint density at radius 2 is 1.77 bits per heavy atom. The van der Waals surface area contributed by atoms with Crippen molar-refractivity contribution in [2.45, 2.75) is 12.6 Å². The van der Waals surface area contributed by atoms with Crippen molar-refractivity contribution in [3.8, 4) is 0 Å². The lowest BCUT2D eigenvalue weighted by atomic mass is 10.0. The molecule has 5 aromatic rings. The molecule has 7 nitrogen and oxygen atoms in total. The van der Waals surface area contributed by atoms with Crippen LogP contribution in [0.25, 0.3) is 16.6 Å². The number of nitrogens with one attached hydrogen (secondary N) is 1. The number of carbonyl (C=O) groups excluding carboxylic acids is 1. The molecule has 1 atom stereocenters. The van der Waals surface area contributed by atoms with Crippen LogP contribution in [0, 0.1) is 0 Å². The van der Waals surface area contributed by atoms with Crippen molar-refractivity contribution in [1.82, 2.24) is 19.5 Å². The van der Waals surface area contributed by atoms with Gasteiger partial charge in [0.15, 0.2) is 5.65 Å². The van der Waals surface area contributed by atoms with E-state index < -0.39 is 6.04 Å². The van der Waals surface area contributed by atoms with Crippen molar-refractivity contribution in [1.29, 1.82) is 0 Å². The van der Waals surface area contributed by atoms with Gasteiger partial charge in [-0.25, -0.2) is 9.48 Å². The van der Waals surface area contributed by atoms with Crippen molar-refractivity contribution in [2.75, 3.05) is 0 Å². The van der Waals surface area contributed by atoms with Gasteiger partial charge in [-0.1, -0.05) is 54.6 Å². The minimum atomic E-state index is -0.487. The number of pyridine rings is 1. The van der Waals surface area contributed by atoms with E-state index in [1.807, 2.05) is 60.7 Å². The molecule has 0 bridgehead atoms. The summed E-state index contributed by atoms with van der Waals surface area (Å²) < 4.78 is 8.57.